The highest BCUT2D eigenvalue weighted by Gasteiger charge is 2.20. The molecular formula is C11H8FN3O4. The lowest BCUT2D eigenvalue weighted by Gasteiger charge is -2.05. The number of aromatic nitrogens is 2. The lowest BCUT2D eigenvalue weighted by Crippen LogP contribution is -2.05. The molecule has 0 saturated carbocycles. The molecule has 0 amide bonds. The van der Waals surface area contributed by atoms with Gasteiger partial charge in [0.1, 0.15) is 11.5 Å². The fraction of sp³-hybridized carbons (Fsp3) is 0.0909. The second kappa shape index (κ2) is 4.48. The van der Waals surface area contributed by atoms with Crippen LogP contribution in [0, 0.1) is 22.9 Å². The standard InChI is InChI=1S/C11H8FN3O4/c1-6-4-8(11(16)17)13-14(6)9-3-2-7(12)5-10(9)15(18)19/h2-5H,1H3,(H,16,17). The maximum Gasteiger partial charge on any atom is 0.356 e. The third-order valence-electron chi connectivity index (χ3n) is 2.47. The molecule has 2 rings (SSSR count). The van der Waals surface area contributed by atoms with Crippen molar-refractivity contribution >= 4 is 11.7 Å². The fourth-order valence-electron chi connectivity index (χ4n) is 1.64. The van der Waals surface area contributed by atoms with Crippen molar-refractivity contribution in [3.05, 3.63) is 51.6 Å². The molecule has 1 aromatic heterocycles. The Morgan fingerprint density at radius 2 is 2.16 bits per heavy atom. The van der Waals surface area contributed by atoms with Crippen LogP contribution in [0.4, 0.5) is 10.1 Å². The molecule has 0 aliphatic carbocycles. The zero-order valence-electron chi connectivity index (χ0n) is 9.70. The van der Waals surface area contributed by atoms with Gasteiger partial charge in [0.05, 0.1) is 11.0 Å². The van der Waals surface area contributed by atoms with Crippen molar-refractivity contribution in [2.24, 2.45) is 0 Å². The summed E-state index contributed by atoms with van der Waals surface area (Å²) in [5.74, 6) is -2.00. The number of carbonyl (C=O) groups is 1. The molecule has 0 radical (unpaired) electrons. The van der Waals surface area contributed by atoms with Crippen molar-refractivity contribution in [3.63, 3.8) is 0 Å². The molecular weight excluding hydrogens is 257 g/mol. The zero-order chi connectivity index (χ0) is 14.2. The Kier molecular flexibility index (Phi) is 2.99. The van der Waals surface area contributed by atoms with Gasteiger partial charge in [-0.1, -0.05) is 0 Å². The monoisotopic (exact) mass is 265 g/mol. The average molecular weight is 265 g/mol. The van der Waals surface area contributed by atoms with Crippen molar-refractivity contribution in [1.29, 1.82) is 0 Å². The highest BCUT2D eigenvalue weighted by molar-refractivity contribution is 5.85. The highest BCUT2D eigenvalue weighted by Crippen LogP contribution is 2.24. The number of hydrogen-bond acceptors (Lipinski definition) is 4. The number of hydrogen-bond donors (Lipinski definition) is 1. The van der Waals surface area contributed by atoms with Gasteiger partial charge in [-0.25, -0.2) is 13.9 Å². The molecule has 0 atom stereocenters. The van der Waals surface area contributed by atoms with E-state index in [-0.39, 0.29) is 11.4 Å². The van der Waals surface area contributed by atoms with Crippen LogP contribution in [0.2, 0.25) is 0 Å². The minimum atomic E-state index is -1.24. The van der Waals surface area contributed by atoms with Crippen molar-refractivity contribution in [1.82, 2.24) is 9.78 Å². The zero-order valence-corrected chi connectivity index (χ0v) is 9.70. The molecule has 2 aromatic rings. The number of rotatable bonds is 3. The van der Waals surface area contributed by atoms with E-state index in [1.54, 1.807) is 6.92 Å². The van der Waals surface area contributed by atoms with E-state index in [1.807, 2.05) is 0 Å². The maximum absolute atomic E-state index is 13.0. The highest BCUT2D eigenvalue weighted by atomic mass is 19.1. The first-order valence-corrected chi connectivity index (χ1v) is 5.14. The van der Waals surface area contributed by atoms with E-state index in [9.17, 15) is 19.3 Å². The number of nitro groups is 1. The van der Waals surface area contributed by atoms with Crippen LogP contribution in [0.15, 0.2) is 24.3 Å². The number of nitrogens with zero attached hydrogens (tertiary/aromatic N) is 3. The Morgan fingerprint density at radius 3 is 2.68 bits per heavy atom. The van der Waals surface area contributed by atoms with Gasteiger partial charge in [0, 0.05) is 5.69 Å². The molecule has 0 aliphatic rings. The van der Waals surface area contributed by atoms with Gasteiger partial charge in [-0.2, -0.15) is 5.10 Å². The Balaban J connectivity index is 2.65. The molecule has 1 N–H and O–H groups in total. The smallest absolute Gasteiger partial charge is 0.356 e. The first-order chi connectivity index (χ1) is 8.90. The molecule has 8 heteroatoms. The van der Waals surface area contributed by atoms with Crippen LogP contribution in [0.1, 0.15) is 16.2 Å². The summed E-state index contributed by atoms with van der Waals surface area (Å²) < 4.78 is 14.1. The van der Waals surface area contributed by atoms with E-state index >= 15 is 0 Å². The maximum atomic E-state index is 13.0. The second-order valence-corrected chi connectivity index (χ2v) is 3.78. The van der Waals surface area contributed by atoms with E-state index in [2.05, 4.69) is 5.10 Å². The van der Waals surface area contributed by atoms with Crippen LogP contribution < -0.4 is 0 Å². The quantitative estimate of drug-likeness (QED) is 0.675. The number of nitro benzene ring substituents is 1. The van der Waals surface area contributed by atoms with Crippen molar-refractivity contribution in [2.75, 3.05) is 0 Å². The van der Waals surface area contributed by atoms with Crippen LogP contribution in [-0.4, -0.2) is 25.8 Å². The second-order valence-electron chi connectivity index (χ2n) is 3.78. The Bertz CT molecular complexity index is 681. The van der Waals surface area contributed by atoms with Crippen molar-refractivity contribution in [2.45, 2.75) is 6.92 Å². The molecule has 1 aromatic carbocycles. The number of carboxylic acids is 1. The summed E-state index contributed by atoms with van der Waals surface area (Å²) in [7, 11) is 0. The van der Waals surface area contributed by atoms with Gasteiger partial charge in [0.2, 0.25) is 0 Å². The number of aromatic carboxylic acids is 1. The first kappa shape index (κ1) is 12.7. The predicted octanol–water partition coefficient (Wildman–Crippen LogP) is 1.93. The van der Waals surface area contributed by atoms with E-state index < -0.39 is 22.4 Å². The molecule has 98 valence electrons. The van der Waals surface area contributed by atoms with Crippen molar-refractivity contribution < 1.29 is 19.2 Å². The minimum absolute atomic E-state index is 0.0106. The van der Waals surface area contributed by atoms with Crippen LogP contribution in [-0.2, 0) is 0 Å². The fourth-order valence-corrected chi connectivity index (χ4v) is 1.64. The van der Waals surface area contributed by atoms with Gasteiger partial charge in [0.15, 0.2) is 5.69 Å². The summed E-state index contributed by atoms with van der Waals surface area (Å²) in [6.07, 6.45) is 0. The Hall–Kier alpha value is -2.77. The van der Waals surface area contributed by atoms with Gasteiger partial charge in [0.25, 0.3) is 5.69 Å². The number of carboxylic acid groups (broad SMARTS) is 1. The van der Waals surface area contributed by atoms with E-state index in [0.29, 0.717) is 5.69 Å². The minimum Gasteiger partial charge on any atom is -0.476 e. The molecule has 0 bridgehead atoms. The SMILES string of the molecule is Cc1cc(C(=O)O)nn1-c1ccc(F)cc1[N+](=O)[O-]. The molecule has 0 unspecified atom stereocenters. The summed E-state index contributed by atoms with van der Waals surface area (Å²) in [6.45, 7) is 1.55. The molecule has 0 spiro atoms. The Labute approximate surface area is 106 Å². The molecule has 0 aliphatic heterocycles. The van der Waals surface area contributed by atoms with Gasteiger partial charge >= 0.3 is 5.97 Å². The average Bonchev–Trinajstić information content (AvgIpc) is 2.71. The van der Waals surface area contributed by atoms with Crippen LogP contribution in [0.5, 0.6) is 0 Å². The summed E-state index contributed by atoms with van der Waals surface area (Å²) in [5.41, 5.74) is -0.317. The lowest BCUT2D eigenvalue weighted by atomic mass is 10.2. The normalized spacial score (nSPS) is 10.4. The molecule has 7 nitrogen and oxygen atoms in total. The largest absolute Gasteiger partial charge is 0.476 e. The number of aryl methyl sites for hydroxylation is 1. The summed E-state index contributed by atoms with van der Waals surface area (Å²) >= 11 is 0. The van der Waals surface area contributed by atoms with Gasteiger partial charge < -0.3 is 5.11 Å². The predicted molar refractivity (Wildman–Crippen MR) is 61.9 cm³/mol. The van der Waals surface area contributed by atoms with E-state index in [1.165, 1.54) is 12.1 Å². The summed E-state index contributed by atoms with van der Waals surface area (Å²) in [5, 5.41) is 23.4. The number of halogens is 1. The third kappa shape index (κ3) is 2.28. The van der Waals surface area contributed by atoms with E-state index in [4.69, 9.17) is 5.11 Å². The van der Waals surface area contributed by atoms with Crippen LogP contribution >= 0.6 is 0 Å². The topological polar surface area (TPSA) is 98.3 Å². The molecule has 0 saturated heterocycles. The summed E-state index contributed by atoms with van der Waals surface area (Å²) in [6, 6.07) is 4.26. The molecule has 19 heavy (non-hydrogen) atoms. The molecule has 1 heterocycles. The van der Waals surface area contributed by atoms with Gasteiger partial charge in [-0.3, -0.25) is 10.1 Å². The van der Waals surface area contributed by atoms with Gasteiger partial charge in [-0.15, -0.1) is 0 Å². The van der Waals surface area contributed by atoms with Crippen LogP contribution in [0.3, 0.4) is 0 Å². The van der Waals surface area contributed by atoms with E-state index in [0.717, 1.165) is 16.8 Å². The molecule has 0 fully saturated rings. The van der Waals surface area contributed by atoms with Crippen LogP contribution in [0.25, 0.3) is 5.69 Å². The lowest BCUT2D eigenvalue weighted by molar-refractivity contribution is -0.384. The van der Waals surface area contributed by atoms with Crippen molar-refractivity contribution in [3.8, 4) is 5.69 Å². The Morgan fingerprint density at radius 1 is 1.47 bits per heavy atom. The first-order valence-electron chi connectivity index (χ1n) is 5.14. The third-order valence-corrected chi connectivity index (χ3v) is 2.47. The summed E-state index contributed by atoms with van der Waals surface area (Å²) in [4.78, 5) is 20.9. The number of benzene rings is 1. The van der Waals surface area contributed by atoms with Gasteiger partial charge in [-0.05, 0) is 25.1 Å².